The van der Waals surface area contributed by atoms with Gasteiger partial charge in [0.05, 0.1) is 24.1 Å². The van der Waals surface area contributed by atoms with Gasteiger partial charge in [-0.15, -0.1) is 0 Å². The number of aryl methyl sites for hydroxylation is 1. The zero-order valence-electron chi connectivity index (χ0n) is 20.4. The SMILES string of the molecule is CC(C)(C)O.Cc1cc2c(ccc(=O)n2Cc2ccccc2)c(-c2ccc(Cl)cc2)c1CC(=O)O. The molecule has 0 saturated heterocycles. The van der Waals surface area contributed by atoms with Gasteiger partial charge in [-0.2, -0.15) is 0 Å². The second-order valence-electron chi connectivity index (χ2n) is 9.47. The van der Waals surface area contributed by atoms with E-state index in [0.717, 1.165) is 38.7 Å². The average Bonchev–Trinajstić information content (AvgIpc) is 2.77. The number of carboxylic acid groups (broad SMARTS) is 1. The number of pyridine rings is 1. The number of aliphatic carboxylic acids is 1. The van der Waals surface area contributed by atoms with Crippen molar-refractivity contribution in [2.45, 2.75) is 46.3 Å². The van der Waals surface area contributed by atoms with Crippen LogP contribution in [-0.2, 0) is 17.8 Å². The van der Waals surface area contributed by atoms with Gasteiger partial charge in [-0.25, -0.2) is 0 Å². The lowest BCUT2D eigenvalue weighted by Crippen LogP contribution is -2.20. The Hall–Kier alpha value is -3.41. The van der Waals surface area contributed by atoms with Crippen molar-refractivity contribution in [3.05, 3.63) is 105 Å². The topological polar surface area (TPSA) is 79.5 Å². The molecule has 0 unspecified atom stereocenters. The predicted molar refractivity (Wildman–Crippen MR) is 142 cm³/mol. The van der Waals surface area contributed by atoms with Crippen molar-refractivity contribution < 1.29 is 15.0 Å². The molecule has 6 heteroatoms. The Morgan fingerprint density at radius 1 is 0.971 bits per heavy atom. The van der Waals surface area contributed by atoms with E-state index in [1.54, 1.807) is 49.6 Å². The third-order valence-electron chi connectivity index (χ3n) is 5.27. The number of aliphatic hydroxyl groups is 1. The van der Waals surface area contributed by atoms with Gasteiger partial charge >= 0.3 is 5.97 Å². The van der Waals surface area contributed by atoms with Gasteiger partial charge in [-0.3, -0.25) is 9.59 Å². The molecule has 0 atom stereocenters. The standard InChI is InChI=1S/C25H20ClNO3.C4H10O/c1-16-13-22-20(11-12-23(28)27(22)15-17-5-3-2-4-6-17)25(21(16)14-24(29)30)18-7-9-19(26)10-8-18;1-4(2,3)5/h2-13H,14-15H2,1H3,(H,29,30);5H,1-3H3. The van der Waals surface area contributed by atoms with Crippen LogP contribution < -0.4 is 5.56 Å². The van der Waals surface area contributed by atoms with E-state index < -0.39 is 11.6 Å². The molecule has 0 spiro atoms. The first-order valence-electron chi connectivity index (χ1n) is 11.3. The molecule has 5 nitrogen and oxygen atoms in total. The Balaban J connectivity index is 0.000000623. The summed E-state index contributed by atoms with van der Waals surface area (Å²) in [4.78, 5) is 24.3. The quantitative estimate of drug-likeness (QED) is 0.354. The minimum absolute atomic E-state index is 0.0983. The Morgan fingerprint density at radius 2 is 1.57 bits per heavy atom. The maximum atomic E-state index is 12.8. The number of nitrogens with zero attached hydrogens (tertiary/aromatic N) is 1. The lowest BCUT2D eigenvalue weighted by Gasteiger charge is -2.19. The number of aromatic nitrogens is 1. The molecule has 2 N–H and O–H groups in total. The Bertz CT molecular complexity index is 1380. The Kier molecular flexibility index (Phi) is 8.15. The molecule has 0 aliphatic heterocycles. The van der Waals surface area contributed by atoms with Crippen molar-refractivity contribution in [3.8, 4) is 11.1 Å². The van der Waals surface area contributed by atoms with Crippen molar-refractivity contribution in [1.82, 2.24) is 4.57 Å². The van der Waals surface area contributed by atoms with Crippen molar-refractivity contribution >= 4 is 28.5 Å². The molecule has 4 rings (SSSR count). The molecule has 0 aliphatic carbocycles. The van der Waals surface area contributed by atoms with Gasteiger partial charge in [0, 0.05) is 16.5 Å². The van der Waals surface area contributed by atoms with E-state index in [2.05, 4.69) is 0 Å². The Labute approximate surface area is 210 Å². The largest absolute Gasteiger partial charge is 0.481 e. The van der Waals surface area contributed by atoms with Gasteiger partial charge in [0.1, 0.15) is 0 Å². The normalized spacial score (nSPS) is 11.1. The molecule has 1 aromatic heterocycles. The van der Waals surface area contributed by atoms with Gasteiger partial charge in [-0.05, 0) is 79.8 Å². The summed E-state index contributed by atoms with van der Waals surface area (Å²) >= 11 is 6.07. The summed E-state index contributed by atoms with van der Waals surface area (Å²) in [5, 5.41) is 19.5. The van der Waals surface area contributed by atoms with E-state index in [1.807, 2.05) is 55.5 Å². The molecule has 1 heterocycles. The maximum Gasteiger partial charge on any atom is 0.307 e. The van der Waals surface area contributed by atoms with Gasteiger partial charge in [0.15, 0.2) is 0 Å². The fraction of sp³-hybridized carbons (Fsp3) is 0.241. The molecule has 0 aliphatic rings. The second-order valence-corrected chi connectivity index (χ2v) is 9.91. The molecule has 0 radical (unpaired) electrons. The smallest absolute Gasteiger partial charge is 0.307 e. The van der Waals surface area contributed by atoms with Gasteiger partial charge in [-0.1, -0.05) is 54.1 Å². The zero-order valence-corrected chi connectivity index (χ0v) is 21.1. The number of halogens is 1. The van der Waals surface area contributed by atoms with E-state index in [4.69, 9.17) is 16.7 Å². The van der Waals surface area contributed by atoms with Crippen LogP contribution in [0.25, 0.3) is 22.0 Å². The van der Waals surface area contributed by atoms with Crippen LogP contribution in [-0.4, -0.2) is 26.4 Å². The molecule has 0 amide bonds. The average molecular weight is 492 g/mol. The van der Waals surface area contributed by atoms with Crippen LogP contribution in [0.5, 0.6) is 0 Å². The third-order valence-corrected chi connectivity index (χ3v) is 5.52. The highest BCUT2D eigenvalue weighted by atomic mass is 35.5. The molecule has 4 aromatic rings. The summed E-state index contributed by atoms with van der Waals surface area (Å²) in [7, 11) is 0. The van der Waals surface area contributed by atoms with Crippen LogP contribution in [0, 0.1) is 6.92 Å². The number of carbonyl (C=O) groups is 1. The third kappa shape index (κ3) is 7.04. The summed E-state index contributed by atoms with van der Waals surface area (Å²) in [5.41, 5.74) is 4.47. The highest BCUT2D eigenvalue weighted by Crippen LogP contribution is 2.35. The molecule has 0 saturated carbocycles. The molecular weight excluding hydrogens is 462 g/mol. The molecule has 0 fully saturated rings. The summed E-state index contributed by atoms with van der Waals surface area (Å²) < 4.78 is 1.74. The van der Waals surface area contributed by atoms with Crippen LogP contribution in [0.2, 0.25) is 5.02 Å². The summed E-state index contributed by atoms with van der Waals surface area (Å²) in [6.07, 6.45) is -0.0997. The first-order valence-corrected chi connectivity index (χ1v) is 11.7. The fourth-order valence-corrected chi connectivity index (χ4v) is 3.99. The van der Waals surface area contributed by atoms with Gasteiger partial charge < -0.3 is 14.8 Å². The van der Waals surface area contributed by atoms with Crippen molar-refractivity contribution in [2.75, 3.05) is 0 Å². The van der Waals surface area contributed by atoms with Crippen molar-refractivity contribution in [1.29, 1.82) is 0 Å². The number of carboxylic acids is 1. The van der Waals surface area contributed by atoms with Crippen LogP contribution >= 0.6 is 11.6 Å². The summed E-state index contributed by atoms with van der Waals surface area (Å²) in [5.74, 6) is -0.898. The number of hydrogen-bond acceptors (Lipinski definition) is 3. The highest BCUT2D eigenvalue weighted by Gasteiger charge is 2.18. The van der Waals surface area contributed by atoms with Crippen molar-refractivity contribution in [3.63, 3.8) is 0 Å². The summed E-state index contributed by atoms with van der Waals surface area (Å²) in [6.45, 7) is 7.56. The monoisotopic (exact) mass is 491 g/mol. The first-order chi connectivity index (χ1) is 16.4. The number of fused-ring (bicyclic) bond motifs is 1. The van der Waals surface area contributed by atoms with E-state index in [9.17, 15) is 14.7 Å². The predicted octanol–water partition coefficient (Wildman–Crippen LogP) is 6.08. The minimum Gasteiger partial charge on any atom is -0.481 e. The van der Waals surface area contributed by atoms with Crippen LogP contribution in [0.4, 0.5) is 0 Å². The van der Waals surface area contributed by atoms with E-state index in [-0.39, 0.29) is 12.0 Å². The first kappa shape index (κ1) is 26.2. The van der Waals surface area contributed by atoms with Crippen molar-refractivity contribution in [2.24, 2.45) is 0 Å². The highest BCUT2D eigenvalue weighted by molar-refractivity contribution is 6.30. The fourth-order valence-electron chi connectivity index (χ4n) is 3.87. The minimum atomic E-state index is -0.898. The Morgan fingerprint density at radius 3 is 2.14 bits per heavy atom. The number of benzene rings is 3. The number of hydrogen-bond donors (Lipinski definition) is 2. The van der Waals surface area contributed by atoms with E-state index >= 15 is 0 Å². The molecular formula is C29H30ClNO4. The van der Waals surface area contributed by atoms with E-state index in [1.165, 1.54) is 0 Å². The molecule has 3 aromatic carbocycles. The van der Waals surface area contributed by atoms with Crippen LogP contribution in [0.3, 0.4) is 0 Å². The lowest BCUT2D eigenvalue weighted by atomic mass is 9.90. The van der Waals surface area contributed by atoms with Gasteiger partial charge in [0.2, 0.25) is 0 Å². The van der Waals surface area contributed by atoms with Crippen LogP contribution in [0.1, 0.15) is 37.5 Å². The van der Waals surface area contributed by atoms with Crippen LogP contribution in [0.15, 0.2) is 77.6 Å². The van der Waals surface area contributed by atoms with E-state index in [0.29, 0.717) is 11.6 Å². The zero-order chi connectivity index (χ0) is 25.8. The summed E-state index contributed by atoms with van der Waals surface area (Å²) in [6, 6.07) is 22.4. The lowest BCUT2D eigenvalue weighted by molar-refractivity contribution is -0.136. The molecule has 182 valence electrons. The molecule has 35 heavy (non-hydrogen) atoms. The second kappa shape index (κ2) is 10.9. The maximum absolute atomic E-state index is 12.8. The number of rotatable bonds is 5. The van der Waals surface area contributed by atoms with Gasteiger partial charge in [0.25, 0.3) is 5.56 Å². The molecule has 0 bridgehead atoms.